The minimum Gasteiger partial charge on any atom is -0.469 e. The number of carbonyl (C=O) groups is 1. The molecule has 0 saturated heterocycles. The predicted molar refractivity (Wildman–Crippen MR) is 143 cm³/mol. The summed E-state index contributed by atoms with van der Waals surface area (Å²) >= 11 is 1.57. The third-order valence-electron chi connectivity index (χ3n) is 5.70. The minimum atomic E-state index is -4.34. The van der Waals surface area contributed by atoms with E-state index in [1.165, 1.54) is 7.11 Å². The molecule has 8 nitrogen and oxygen atoms in total. The van der Waals surface area contributed by atoms with Gasteiger partial charge in [-0.2, -0.15) is 8.42 Å². The van der Waals surface area contributed by atoms with E-state index in [0.717, 1.165) is 21.8 Å². The fourth-order valence-corrected chi connectivity index (χ4v) is 5.28. The SMILES string of the molecule is COC(=O)[C@H](CN[C@@H](Cc1ccc(NS(=O)(=O)O)cc1)c1nc(C(C)(C)C)cs1)Cc1ccccc1. The molecule has 3 aromatic rings. The molecule has 0 saturated carbocycles. The summed E-state index contributed by atoms with van der Waals surface area (Å²) in [5.41, 5.74) is 3.17. The molecule has 3 rings (SSSR count). The second-order valence-electron chi connectivity index (χ2n) is 9.67. The standard InChI is InChI=1S/C26H33N3O5S2/c1-26(2,3)23-17-35-24(28-23)22(15-19-10-12-21(13-11-19)29-36(31,32)33)27-16-20(25(30)34-4)14-18-8-6-5-7-9-18/h5-13,17,20,22,27,29H,14-16H2,1-4H3,(H,31,32,33)/t20-,22-/m0/s1. The van der Waals surface area contributed by atoms with Crippen molar-refractivity contribution in [1.29, 1.82) is 0 Å². The number of carbonyl (C=O) groups excluding carboxylic acids is 1. The molecule has 36 heavy (non-hydrogen) atoms. The van der Waals surface area contributed by atoms with Crippen LogP contribution in [0.5, 0.6) is 0 Å². The molecule has 0 unspecified atom stereocenters. The number of esters is 1. The van der Waals surface area contributed by atoms with Gasteiger partial charge in [0.15, 0.2) is 0 Å². The molecule has 0 aliphatic carbocycles. The van der Waals surface area contributed by atoms with Crippen LogP contribution >= 0.6 is 11.3 Å². The highest BCUT2D eigenvalue weighted by Gasteiger charge is 2.25. The molecule has 1 heterocycles. The number of anilines is 1. The molecule has 0 fully saturated rings. The molecule has 3 N–H and O–H groups in total. The number of nitrogens with one attached hydrogen (secondary N) is 2. The van der Waals surface area contributed by atoms with E-state index in [0.29, 0.717) is 19.4 Å². The van der Waals surface area contributed by atoms with E-state index in [1.807, 2.05) is 35.1 Å². The van der Waals surface area contributed by atoms with Crippen LogP contribution in [0.3, 0.4) is 0 Å². The van der Waals surface area contributed by atoms with Crippen molar-refractivity contribution in [2.45, 2.75) is 45.1 Å². The Kier molecular flexibility index (Phi) is 9.24. The van der Waals surface area contributed by atoms with Gasteiger partial charge in [0.1, 0.15) is 5.01 Å². The lowest BCUT2D eigenvalue weighted by atomic mass is 9.93. The molecular formula is C26H33N3O5S2. The second kappa shape index (κ2) is 12.0. The van der Waals surface area contributed by atoms with Crippen molar-refractivity contribution in [2.24, 2.45) is 5.92 Å². The number of rotatable bonds is 11. The first-order valence-electron chi connectivity index (χ1n) is 11.6. The molecule has 0 radical (unpaired) electrons. The van der Waals surface area contributed by atoms with E-state index in [9.17, 15) is 13.2 Å². The average molecular weight is 532 g/mol. The van der Waals surface area contributed by atoms with Gasteiger partial charge in [0, 0.05) is 17.3 Å². The number of methoxy groups -OCH3 is 1. The van der Waals surface area contributed by atoms with Crippen molar-refractivity contribution in [3.05, 3.63) is 81.8 Å². The van der Waals surface area contributed by atoms with Crippen LogP contribution in [0.1, 0.15) is 48.6 Å². The van der Waals surface area contributed by atoms with Gasteiger partial charge in [-0.1, -0.05) is 63.2 Å². The van der Waals surface area contributed by atoms with E-state index < -0.39 is 10.3 Å². The Bertz CT molecular complexity index is 1240. The smallest absolute Gasteiger partial charge is 0.357 e. The van der Waals surface area contributed by atoms with Gasteiger partial charge in [-0.15, -0.1) is 11.3 Å². The Balaban J connectivity index is 1.81. The summed E-state index contributed by atoms with van der Waals surface area (Å²) in [6.07, 6.45) is 1.12. The van der Waals surface area contributed by atoms with Gasteiger partial charge in [-0.3, -0.25) is 14.1 Å². The zero-order chi connectivity index (χ0) is 26.3. The van der Waals surface area contributed by atoms with Crippen LogP contribution in [0.2, 0.25) is 0 Å². The normalized spacial score (nSPS) is 13.7. The van der Waals surface area contributed by atoms with Crippen LogP contribution in [0.25, 0.3) is 0 Å². The van der Waals surface area contributed by atoms with Crippen LogP contribution in [0, 0.1) is 5.92 Å². The molecule has 2 atom stereocenters. The summed E-state index contributed by atoms with van der Waals surface area (Å²) in [5, 5.41) is 6.50. The monoisotopic (exact) mass is 531 g/mol. The van der Waals surface area contributed by atoms with Crippen molar-refractivity contribution < 1.29 is 22.5 Å². The van der Waals surface area contributed by atoms with E-state index in [-0.39, 0.29) is 29.0 Å². The summed E-state index contributed by atoms with van der Waals surface area (Å²) < 4.78 is 38.3. The zero-order valence-electron chi connectivity index (χ0n) is 20.9. The summed E-state index contributed by atoms with van der Waals surface area (Å²) in [4.78, 5) is 17.4. The van der Waals surface area contributed by atoms with Crippen molar-refractivity contribution in [3.63, 3.8) is 0 Å². The highest BCUT2D eigenvalue weighted by Crippen LogP contribution is 2.29. The van der Waals surface area contributed by atoms with E-state index >= 15 is 0 Å². The molecule has 0 amide bonds. The number of nitrogens with zero attached hydrogens (tertiary/aromatic N) is 1. The van der Waals surface area contributed by atoms with Gasteiger partial charge in [0.05, 0.1) is 30.5 Å². The van der Waals surface area contributed by atoms with Crippen LogP contribution in [0.4, 0.5) is 5.69 Å². The van der Waals surface area contributed by atoms with E-state index in [1.54, 1.807) is 35.6 Å². The summed E-state index contributed by atoms with van der Waals surface area (Å²) in [7, 11) is -2.94. The number of hydrogen-bond donors (Lipinski definition) is 3. The fourth-order valence-electron chi connectivity index (χ4n) is 3.72. The Morgan fingerprint density at radius 3 is 2.25 bits per heavy atom. The lowest BCUT2D eigenvalue weighted by Crippen LogP contribution is -2.34. The van der Waals surface area contributed by atoms with Crippen LogP contribution in [-0.2, 0) is 38.1 Å². The van der Waals surface area contributed by atoms with Gasteiger partial charge in [-0.25, -0.2) is 4.98 Å². The van der Waals surface area contributed by atoms with E-state index in [2.05, 4.69) is 31.5 Å². The fraction of sp³-hybridized carbons (Fsp3) is 0.385. The minimum absolute atomic E-state index is 0.0930. The van der Waals surface area contributed by atoms with Crippen molar-refractivity contribution in [3.8, 4) is 0 Å². The molecule has 0 spiro atoms. The number of ether oxygens (including phenoxy) is 1. The largest absolute Gasteiger partial charge is 0.469 e. The first-order chi connectivity index (χ1) is 16.9. The van der Waals surface area contributed by atoms with Gasteiger partial charge in [0.2, 0.25) is 0 Å². The molecule has 10 heteroatoms. The Morgan fingerprint density at radius 2 is 1.69 bits per heavy atom. The van der Waals surface area contributed by atoms with Crippen molar-refractivity contribution in [2.75, 3.05) is 18.4 Å². The lowest BCUT2D eigenvalue weighted by molar-refractivity contribution is -0.145. The maximum atomic E-state index is 12.6. The third-order valence-corrected chi connectivity index (χ3v) is 7.15. The van der Waals surface area contributed by atoms with Gasteiger partial charge in [-0.05, 0) is 36.1 Å². The first-order valence-corrected chi connectivity index (χ1v) is 13.9. The molecule has 0 bridgehead atoms. The number of hydrogen-bond acceptors (Lipinski definition) is 7. The van der Waals surface area contributed by atoms with Crippen LogP contribution in [0.15, 0.2) is 60.0 Å². The van der Waals surface area contributed by atoms with Crippen molar-refractivity contribution >= 4 is 33.3 Å². The molecule has 194 valence electrons. The summed E-state index contributed by atoms with van der Waals surface area (Å²) in [6.45, 7) is 6.74. The second-order valence-corrected chi connectivity index (χ2v) is 11.7. The molecule has 1 aromatic heterocycles. The van der Waals surface area contributed by atoms with Crippen molar-refractivity contribution in [1.82, 2.24) is 10.3 Å². The third kappa shape index (κ3) is 8.41. The maximum Gasteiger partial charge on any atom is 0.357 e. The van der Waals surface area contributed by atoms with E-state index in [4.69, 9.17) is 14.3 Å². The van der Waals surface area contributed by atoms with Crippen LogP contribution < -0.4 is 10.0 Å². The first kappa shape index (κ1) is 27.8. The average Bonchev–Trinajstić information content (AvgIpc) is 3.32. The number of benzene rings is 2. The summed E-state index contributed by atoms with van der Waals surface area (Å²) in [6, 6.07) is 16.4. The Hall–Kier alpha value is -2.79. The zero-order valence-corrected chi connectivity index (χ0v) is 22.5. The molecule has 2 aromatic carbocycles. The lowest BCUT2D eigenvalue weighted by Gasteiger charge is -2.22. The Morgan fingerprint density at radius 1 is 1.06 bits per heavy atom. The van der Waals surface area contributed by atoms with Gasteiger partial charge in [0.25, 0.3) is 0 Å². The topological polar surface area (TPSA) is 118 Å². The number of thiazole rings is 1. The highest BCUT2D eigenvalue weighted by molar-refractivity contribution is 7.87. The molecule has 0 aliphatic heterocycles. The molecular weight excluding hydrogens is 498 g/mol. The Labute approximate surface area is 217 Å². The maximum absolute atomic E-state index is 12.6. The number of aromatic nitrogens is 1. The summed E-state index contributed by atoms with van der Waals surface area (Å²) in [5.74, 6) is -0.649. The molecule has 0 aliphatic rings. The quantitative estimate of drug-likeness (QED) is 0.245. The van der Waals surface area contributed by atoms with Crippen LogP contribution in [-0.4, -0.2) is 37.6 Å². The van der Waals surface area contributed by atoms with Gasteiger partial charge >= 0.3 is 16.3 Å². The highest BCUT2D eigenvalue weighted by atomic mass is 32.2. The predicted octanol–water partition coefficient (Wildman–Crippen LogP) is 4.56. The van der Waals surface area contributed by atoms with Gasteiger partial charge < -0.3 is 10.1 Å².